The normalized spacial score (nSPS) is 17.1. The maximum atomic E-state index is 11.8. The Morgan fingerprint density at radius 3 is 2.07 bits per heavy atom. The molecule has 90 valence electrons. The van der Waals surface area contributed by atoms with Crippen LogP contribution in [-0.4, -0.2) is 29.6 Å². The Labute approximate surface area is 85.2 Å². The van der Waals surface area contributed by atoms with Crippen molar-refractivity contribution < 1.29 is 27.8 Å². The molecular formula is C8H14F3NO3. The number of nitrogens with two attached hydrogens (primary N) is 1. The summed E-state index contributed by atoms with van der Waals surface area (Å²) in [6.07, 6.45) is -7.01. The van der Waals surface area contributed by atoms with Gasteiger partial charge in [-0.3, -0.25) is 0 Å². The van der Waals surface area contributed by atoms with Crippen LogP contribution < -0.4 is 5.73 Å². The molecule has 0 saturated heterocycles. The van der Waals surface area contributed by atoms with Crippen molar-refractivity contribution in [1.82, 2.24) is 0 Å². The van der Waals surface area contributed by atoms with Crippen molar-refractivity contribution in [2.24, 2.45) is 11.1 Å². The highest BCUT2D eigenvalue weighted by molar-refractivity contribution is 5.75. The van der Waals surface area contributed by atoms with Crippen LogP contribution in [0.2, 0.25) is 0 Å². The Morgan fingerprint density at radius 1 is 1.40 bits per heavy atom. The average Bonchev–Trinajstić information content (AvgIpc) is 2.01. The van der Waals surface area contributed by atoms with Gasteiger partial charge in [-0.1, -0.05) is 13.8 Å². The number of carbonyl (C=O) groups is 1. The Kier molecular flexibility index (Phi) is 4.12. The van der Waals surface area contributed by atoms with E-state index >= 15 is 0 Å². The zero-order chi connectivity index (χ0) is 12.4. The summed E-state index contributed by atoms with van der Waals surface area (Å²) in [4.78, 5) is 10.4. The van der Waals surface area contributed by atoms with E-state index in [1.807, 2.05) is 0 Å². The van der Waals surface area contributed by atoms with Crippen LogP contribution in [0.3, 0.4) is 0 Å². The molecule has 2 atom stereocenters. The fourth-order valence-electron chi connectivity index (χ4n) is 0.545. The van der Waals surface area contributed by atoms with Crippen LogP contribution in [0.15, 0.2) is 0 Å². The van der Waals surface area contributed by atoms with Gasteiger partial charge in [-0.05, 0) is 6.92 Å². The van der Waals surface area contributed by atoms with Crippen molar-refractivity contribution in [2.45, 2.75) is 39.3 Å². The predicted octanol–water partition coefficient (Wildman–Crippen LogP) is 0.784. The minimum Gasteiger partial charge on any atom is -0.429 e. The topological polar surface area (TPSA) is 72.6 Å². The van der Waals surface area contributed by atoms with Crippen LogP contribution in [0.1, 0.15) is 20.8 Å². The molecule has 0 aliphatic rings. The van der Waals surface area contributed by atoms with Crippen LogP contribution in [-0.2, 0) is 9.53 Å². The molecule has 0 heterocycles. The predicted molar refractivity (Wildman–Crippen MR) is 45.6 cm³/mol. The Bertz CT molecular complexity index is 238. The highest BCUT2D eigenvalue weighted by Crippen LogP contribution is 2.27. The van der Waals surface area contributed by atoms with E-state index in [1.165, 1.54) is 20.8 Å². The molecule has 0 radical (unpaired) electrons. The number of carbonyl (C=O) groups excluding carboxylic acids is 1. The number of rotatable bonds is 3. The number of hydrogen-bond acceptors (Lipinski definition) is 4. The van der Waals surface area contributed by atoms with Crippen LogP contribution in [0.5, 0.6) is 0 Å². The standard InChI is InChI=1S/C8H14F3NO3/c1-4(12)7(2,3)5(13)15-6(14)8(9,10)11/h4-5,13H,12H2,1-3H3/t4-,5?/m0/s1. The van der Waals surface area contributed by atoms with E-state index in [1.54, 1.807) is 0 Å². The van der Waals surface area contributed by atoms with Gasteiger partial charge in [0.05, 0.1) is 0 Å². The van der Waals surface area contributed by atoms with E-state index in [-0.39, 0.29) is 0 Å². The molecule has 0 aliphatic carbocycles. The van der Waals surface area contributed by atoms with Crippen molar-refractivity contribution in [2.75, 3.05) is 0 Å². The molecule has 0 spiro atoms. The van der Waals surface area contributed by atoms with Crippen LogP contribution in [0, 0.1) is 5.41 Å². The zero-order valence-electron chi connectivity index (χ0n) is 8.63. The minimum absolute atomic E-state index is 0.631. The lowest BCUT2D eigenvalue weighted by Gasteiger charge is -2.33. The van der Waals surface area contributed by atoms with Gasteiger partial charge in [0.1, 0.15) is 0 Å². The fraction of sp³-hybridized carbons (Fsp3) is 0.875. The molecule has 0 aromatic rings. The SMILES string of the molecule is C[C@H](N)C(C)(C)C(O)OC(=O)C(F)(F)F. The highest BCUT2D eigenvalue weighted by atomic mass is 19.4. The fourth-order valence-corrected chi connectivity index (χ4v) is 0.545. The smallest absolute Gasteiger partial charge is 0.429 e. The second-order valence-electron chi connectivity index (χ2n) is 3.87. The number of aliphatic hydroxyl groups is 1. The molecular weight excluding hydrogens is 215 g/mol. The van der Waals surface area contributed by atoms with E-state index in [0.717, 1.165) is 0 Å². The van der Waals surface area contributed by atoms with Gasteiger partial charge < -0.3 is 15.6 Å². The van der Waals surface area contributed by atoms with E-state index in [4.69, 9.17) is 5.73 Å². The van der Waals surface area contributed by atoms with Crippen molar-refractivity contribution in [1.29, 1.82) is 0 Å². The average molecular weight is 229 g/mol. The third-order valence-corrected chi connectivity index (χ3v) is 2.26. The van der Waals surface area contributed by atoms with Gasteiger partial charge in [-0.2, -0.15) is 13.2 Å². The first-order chi connectivity index (χ1) is 6.49. The summed E-state index contributed by atoms with van der Waals surface area (Å²) in [6, 6.07) is -0.631. The van der Waals surface area contributed by atoms with E-state index in [0.29, 0.717) is 0 Å². The zero-order valence-corrected chi connectivity index (χ0v) is 8.63. The molecule has 4 nitrogen and oxygen atoms in total. The number of halogens is 3. The summed E-state index contributed by atoms with van der Waals surface area (Å²) in [5.74, 6) is -2.43. The van der Waals surface area contributed by atoms with E-state index in [2.05, 4.69) is 4.74 Å². The Balaban J connectivity index is 4.51. The molecule has 0 rings (SSSR count). The van der Waals surface area contributed by atoms with Gasteiger partial charge in [-0.15, -0.1) is 0 Å². The minimum atomic E-state index is -5.12. The highest BCUT2D eigenvalue weighted by Gasteiger charge is 2.45. The first kappa shape index (κ1) is 14.2. The van der Waals surface area contributed by atoms with Crippen molar-refractivity contribution >= 4 is 5.97 Å². The molecule has 7 heteroatoms. The van der Waals surface area contributed by atoms with Crippen LogP contribution in [0.25, 0.3) is 0 Å². The van der Waals surface area contributed by atoms with Crippen molar-refractivity contribution in [3.8, 4) is 0 Å². The second kappa shape index (κ2) is 4.36. The number of aliphatic hydroxyl groups excluding tert-OH is 1. The number of hydrogen-bond donors (Lipinski definition) is 2. The van der Waals surface area contributed by atoms with Gasteiger partial charge in [0.25, 0.3) is 0 Å². The summed E-state index contributed by atoms with van der Waals surface area (Å²) >= 11 is 0. The maximum absolute atomic E-state index is 11.8. The summed E-state index contributed by atoms with van der Waals surface area (Å²) in [6.45, 7) is 4.28. The molecule has 0 saturated carbocycles. The number of ether oxygens (including phenoxy) is 1. The summed E-state index contributed by atoms with van der Waals surface area (Å²) in [5, 5.41) is 9.26. The quantitative estimate of drug-likeness (QED) is 0.554. The lowest BCUT2D eigenvalue weighted by Crippen LogP contribution is -2.47. The largest absolute Gasteiger partial charge is 0.491 e. The van der Waals surface area contributed by atoms with Gasteiger partial charge in [-0.25, -0.2) is 4.79 Å². The Morgan fingerprint density at radius 2 is 1.80 bits per heavy atom. The van der Waals surface area contributed by atoms with E-state index < -0.39 is 29.9 Å². The van der Waals surface area contributed by atoms with Crippen LogP contribution in [0.4, 0.5) is 13.2 Å². The third kappa shape index (κ3) is 3.67. The molecule has 3 N–H and O–H groups in total. The number of esters is 1. The molecule has 0 bridgehead atoms. The van der Waals surface area contributed by atoms with Gasteiger partial charge in [0.2, 0.25) is 6.29 Å². The summed E-state index contributed by atoms with van der Waals surface area (Å²) in [7, 11) is 0. The van der Waals surface area contributed by atoms with Gasteiger partial charge >= 0.3 is 12.1 Å². The van der Waals surface area contributed by atoms with Crippen molar-refractivity contribution in [3.63, 3.8) is 0 Å². The summed E-state index contributed by atoms with van der Waals surface area (Å²) < 4.78 is 39.2. The number of alkyl halides is 3. The maximum Gasteiger partial charge on any atom is 0.491 e. The molecule has 1 unspecified atom stereocenters. The first-order valence-electron chi connectivity index (χ1n) is 4.21. The molecule has 0 aromatic carbocycles. The van der Waals surface area contributed by atoms with Crippen molar-refractivity contribution in [3.05, 3.63) is 0 Å². The Hall–Kier alpha value is -0.820. The summed E-state index contributed by atoms with van der Waals surface area (Å²) in [5.41, 5.74) is 4.27. The molecule has 0 amide bonds. The van der Waals surface area contributed by atoms with Gasteiger partial charge in [0, 0.05) is 11.5 Å². The third-order valence-electron chi connectivity index (χ3n) is 2.26. The van der Waals surface area contributed by atoms with Gasteiger partial charge in [0.15, 0.2) is 0 Å². The van der Waals surface area contributed by atoms with E-state index in [9.17, 15) is 23.1 Å². The molecule has 0 aromatic heterocycles. The lowest BCUT2D eigenvalue weighted by molar-refractivity contribution is -0.234. The van der Waals surface area contributed by atoms with Crippen LogP contribution >= 0.6 is 0 Å². The first-order valence-corrected chi connectivity index (χ1v) is 4.21. The lowest BCUT2D eigenvalue weighted by atomic mass is 9.85. The molecule has 0 aliphatic heterocycles. The molecule has 15 heavy (non-hydrogen) atoms. The molecule has 0 fully saturated rings. The second-order valence-corrected chi connectivity index (χ2v) is 3.87. The monoisotopic (exact) mass is 229 g/mol.